The lowest BCUT2D eigenvalue weighted by Gasteiger charge is -2.23. The van der Waals surface area contributed by atoms with E-state index in [-0.39, 0.29) is 18.8 Å². The van der Waals surface area contributed by atoms with Crippen LogP contribution in [0.2, 0.25) is 25.7 Å². The summed E-state index contributed by atoms with van der Waals surface area (Å²) in [6, 6.07) is 24.0. The van der Waals surface area contributed by atoms with Gasteiger partial charge < -0.3 is 14.2 Å². The van der Waals surface area contributed by atoms with Crippen LogP contribution in [0.15, 0.2) is 66.7 Å². The second-order valence-electron chi connectivity index (χ2n) is 13.1. The average molecular weight is 638 g/mol. The van der Waals surface area contributed by atoms with E-state index in [1.807, 2.05) is 28.9 Å². The number of aldehydes is 1. The van der Waals surface area contributed by atoms with Crippen LogP contribution in [0, 0.1) is 0 Å². The first-order valence-corrected chi connectivity index (χ1v) is 20.0. The first-order chi connectivity index (χ1) is 22.3. The van der Waals surface area contributed by atoms with E-state index in [0.29, 0.717) is 37.6 Å². The second kappa shape index (κ2) is 14.1. The SMILES string of the molecule is CCc1cc(OCc2ccccc2)ccc1-c1ccc2c(-c3nc(C=O)nn3COCC[Si](C)(C)C)nn(C3CCCCO3)c2c1. The van der Waals surface area contributed by atoms with Crippen molar-refractivity contribution in [3.05, 3.63) is 83.7 Å². The first-order valence-electron chi connectivity index (χ1n) is 16.2. The Bertz CT molecular complexity index is 1790. The number of hydrogen-bond acceptors (Lipinski definition) is 7. The van der Waals surface area contributed by atoms with Crippen molar-refractivity contribution in [2.45, 2.75) is 77.9 Å². The number of nitrogens with zero attached hydrogens (tertiary/aromatic N) is 5. The maximum Gasteiger partial charge on any atom is 0.214 e. The molecule has 0 radical (unpaired) electrons. The summed E-state index contributed by atoms with van der Waals surface area (Å²) in [6.45, 7) is 11.2. The number of rotatable bonds is 13. The summed E-state index contributed by atoms with van der Waals surface area (Å²) in [7, 11) is -1.25. The number of carbonyl (C=O) groups excluding carboxylic acids is 1. The van der Waals surface area contributed by atoms with E-state index in [0.717, 1.165) is 65.1 Å². The Kier molecular flexibility index (Phi) is 9.77. The maximum absolute atomic E-state index is 11.8. The van der Waals surface area contributed by atoms with E-state index in [2.05, 4.69) is 79.1 Å². The average Bonchev–Trinajstić information content (AvgIpc) is 3.67. The van der Waals surface area contributed by atoms with Crippen LogP contribution < -0.4 is 4.74 Å². The van der Waals surface area contributed by atoms with E-state index >= 15 is 0 Å². The molecule has 1 fully saturated rings. The fourth-order valence-corrected chi connectivity index (χ4v) is 6.54. The summed E-state index contributed by atoms with van der Waals surface area (Å²) in [6.07, 6.45) is 4.33. The van der Waals surface area contributed by atoms with Crippen LogP contribution in [0.3, 0.4) is 0 Å². The summed E-state index contributed by atoms with van der Waals surface area (Å²) in [5.41, 5.74) is 6.19. The van der Waals surface area contributed by atoms with Gasteiger partial charge >= 0.3 is 0 Å². The van der Waals surface area contributed by atoms with Gasteiger partial charge in [-0.25, -0.2) is 14.3 Å². The van der Waals surface area contributed by atoms with Crippen molar-refractivity contribution in [2.75, 3.05) is 13.2 Å². The van der Waals surface area contributed by atoms with E-state index in [9.17, 15) is 4.79 Å². The Hall–Kier alpha value is -4.12. The summed E-state index contributed by atoms with van der Waals surface area (Å²) in [4.78, 5) is 16.3. The van der Waals surface area contributed by atoms with Crippen LogP contribution in [0.25, 0.3) is 33.5 Å². The van der Waals surface area contributed by atoms with Crippen LogP contribution in [0.1, 0.15) is 54.2 Å². The molecule has 1 aliphatic heterocycles. The molecule has 1 unspecified atom stereocenters. The van der Waals surface area contributed by atoms with Crippen molar-refractivity contribution < 1.29 is 19.0 Å². The van der Waals surface area contributed by atoms with Crippen molar-refractivity contribution in [3.63, 3.8) is 0 Å². The second-order valence-corrected chi connectivity index (χ2v) is 18.7. The molecule has 0 N–H and O–H groups in total. The van der Waals surface area contributed by atoms with Gasteiger partial charge in [-0.1, -0.05) is 69.0 Å². The standard InChI is InChI=1S/C36H43N5O4Si/c1-5-27-21-29(45-24-26-11-7-6-8-12-26)15-17-30(27)28-14-16-31-32(22-28)41(34-13-9-10-18-44-34)39-35(31)36-37-33(23-42)38-40(36)25-43-19-20-46(2,3)4/h6-8,11-12,14-17,21-23,34H,5,9-10,13,18-20,24-25H2,1-4H3. The fourth-order valence-electron chi connectivity index (χ4n) is 5.78. The Morgan fingerprint density at radius 1 is 1.02 bits per heavy atom. The molecule has 46 heavy (non-hydrogen) atoms. The summed E-state index contributed by atoms with van der Waals surface area (Å²) in [5.74, 6) is 1.47. The minimum absolute atomic E-state index is 0.110. The van der Waals surface area contributed by atoms with Crippen molar-refractivity contribution in [1.29, 1.82) is 0 Å². The quantitative estimate of drug-likeness (QED) is 0.0735. The van der Waals surface area contributed by atoms with E-state index in [4.69, 9.17) is 19.3 Å². The molecule has 0 bridgehead atoms. The van der Waals surface area contributed by atoms with Gasteiger partial charge in [-0.15, -0.1) is 5.10 Å². The molecular weight excluding hydrogens is 595 g/mol. The van der Waals surface area contributed by atoms with Gasteiger partial charge in [0.25, 0.3) is 0 Å². The molecule has 1 saturated heterocycles. The first kappa shape index (κ1) is 31.8. The molecule has 1 aliphatic rings. The lowest BCUT2D eigenvalue weighted by atomic mass is 9.96. The number of benzene rings is 3. The molecule has 1 atom stereocenters. The molecule has 2 aromatic heterocycles. The number of aryl methyl sites for hydroxylation is 1. The van der Waals surface area contributed by atoms with Crippen molar-refractivity contribution >= 4 is 25.3 Å². The van der Waals surface area contributed by atoms with E-state index in [1.54, 1.807) is 4.68 Å². The third-order valence-electron chi connectivity index (χ3n) is 8.37. The molecule has 0 amide bonds. The number of carbonyl (C=O) groups is 1. The third kappa shape index (κ3) is 7.30. The van der Waals surface area contributed by atoms with Crippen LogP contribution >= 0.6 is 0 Å². The molecule has 0 saturated carbocycles. The highest BCUT2D eigenvalue weighted by Gasteiger charge is 2.25. The van der Waals surface area contributed by atoms with E-state index < -0.39 is 8.07 Å². The predicted octanol–water partition coefficient (Wildman–Crippen LogP) is 7.93. The highest BCUT2D eigenvalue weighted by molar-refractivity contribution is 6.76. The predicted molar refractivity (Wildman–Crippen MR) is 183 cm³/mol. The Morgan fingerprint density at radius 2 is 1.87 bits per heavy atom. The molecular formula is C36H43N5O4Si. The van der Waals surface area contributed by atoms with Crippen molar-refractivity contribution in [1.82, 2.24) is 24.5 Å². The summed E-state index contributed by atoms with van der Waals surface area (Å²) >= 11 is 0. The smallest absolute Gasteiger partial charge is 0.214 e. The Morgan fingerprint density at radius 3 is 2.61 bits per heavy atom. The van der Waals surface area contributed by atoms with Crippen molar-refractivity contribution in [2.24, 2.45) is 0 Å². The molecule has 6 rings (SSSR count). The van der Waals surface area contributed by atoms with Crippen LogP contribution in [0.4, 0.5) is 0 Å². The zero-order chi connectivity index (χ0) is 32.1. The maximum atomic E-state index is 11.8. The number of ether oxygens (including phenoxy) is 3. The minimum atomic E-state index is -1.25. The van der Waals surface area contributed by atoms with Gasteiger partial charge in [0.1, 0.15) is 24.8 Å². The zero-order valence-electron chi connectivity index (χ0n) is 27.2. The van der Waals surface area contributed by atoms with Gasteiger partial charge in [0.15, 0.2) is 18.3 Å². The highest BCUT2D eigenvalue weighted by atomic mass is 28.3. The topological polar surface area (TPSA) is 93.3 Å². The molecule has 0 spiro atoms. The van der Waals surface area contributed by atoms with Gasteiger partial charge in [0.2, 0.25) is 5.82 Å². The van der Waals surface area contributed by atoms with Gasteiger partial charge in [-0.05, 0) is 78.2 Å². The number of hydrogen-bond donors (Lipinski definition) is 0. The minimum Gasteiger partial charge on any atom is -0.489 e. The summed E-state index contributed by atoms with van der Waals surface area (Å²) in [5, 5.41) is 10.4. The molecule has 3 aromatic carbocycles. The highest BCUT2D eigenvalue weighted by Crippen LogP contribution is 2.36. The largest absolute Gasteiger partial charge is 0.489 e. The monoisotopic (exact) mass is 637 g/mol. The van der Waals surface area contributed by atoms with E-state index in [1.165, 1.54) is 5.56 Å². The van der Waals surface area contributed by atoms with Gasteiger partial charge in [-0.2, -0.15) is 5.10 Å². The molecule has 3 heterocycles. The molecule has 10 heteroatoms. The molecule has 5 aromatic rings. The van der Waals surface area contributed by atoms with Crippen LogP contribution in [-0.4, -0.2) is 52.1 Å². The molecule has 0 aliphatic carbocycles. The fraction of sp³-hybridized carbons (Fsp3) is 0.389. The van der Waals surface area contributed by atoms with Gasteiger partial charge in [-0.3, -0.25) is 4.79 Å². The molecule has 9 nitrogen and oxygen atoms in total. The summed E-state index contributed by atoms with van der Waals surface area (Å²) < 4.78 is 22.0. The van der Waals surface area contributed by atoms with Gasteiger partial charge in [0.05, 0.1) is 5.52 Å². The third-order valence-corrected chi connectivity index (χ3v) is 10.1. The van der Waals surface area contributed by atoms with Crippen LogP contribution in [-0.2, 0) is 29.2 Å². The lowest BCUT2D eigenvalue weighted by molar-refractivity contribution is -0.0365. The zero-order valence-corrected chi connectivity index (χ0v) is 28.2. The van der Waals surface area contributed by atoms with Crippen molar-refractivity contribution in [3.8, 4) is 28.4 Å². The normalized spacial score (nSPS) is 15.3. The molecule has 240 valence electrons. The van der Waals surface area contributed by atoms with Gasteiger partial charge in [0, 0.05) is 26.7 Å². The number of fused-ring (bicyclic) bond motifs is 1. The van der Waals surface area contributed by atoms with Crippen LogP contribution in [0.5, 0.6) is 5.75 Å². The number of aromatic nitrogens is 5. The Balaban J connectivity index is 1.36. The Labute approximate surface area is 271 Å². The lowest BCUT2D eigenvalue weighted by Crippen LogP contribution is -2.22.